The van der Waals surface area contributed by atoms with Crippen molar-refractivity contribution in [2.24, 2.45) is 0 Å². The molecule has 4 aromatic rings. The van der Waals surface area contributed by atoms with E-state index < -0.39 is 22.9 Å². The molecule has 0 aliphatic carbocycles. The summed E-state index contributed by atoms with van der Waals surface area (Å²) < 4.78 is 37.7. The third-order valence-electron chi connectivity index (χ3n) is 5.90. The predicted molar refractivity (Wildman–Crippen MR) is 119 cm³/mol. The van der Waals surface area contributed by atoms with E-state index in [1.807, 2.05) is 31.2 Å². The minimum absolute atomic E-state index is 0.0201. The number of imidazole rings is 1. The molecule has 5 rings (SSSR count). The molecule has 7 nitrogen and oxygen atoms in total. The average molecular weight is 452 g/mol. The molecule has 1 fully saturated rings. The first-order chi connectivity index (χ1) is 15.9. The summed E-state index contributed by atoms with van der Waals surface area (Å²) in [5, 5.41) is 0. The molecule has 1 aliphatic rings. The summed E-state index contributed by atoms with van der Waals surface area (Å²) >= 11 is 0. The minimum atomic E-state index is -0.922. The number of hydrogen-bond acceptors (Lipinski definition) is 4. The number of hydrogen-bond donors (Lipinski definition) is 0. The first-order valence-electron chi connectivity index (χ1n) is 10.8. The van der Waals surface area contributed by atoms with Gasteiger partial charge in [-0.1, -0.05) is 29.8 Å². The minimum Gasteiger partial charge on any atom is -0.376 e. The van der Waals surface area contributed by atoms with E-state index in [4.69, 9.17) is 4.74 Å². The van der Waals surface area contributed by atoms with Crippen molar-refractivity contribution in [1.82, 2.24) is 18.7 Å². The van der Waals surface area contributed by atoms with E-state index >= 15 is 0 Å². The Labute approximate surface area is 187 Å². The third kappa shape index (κ3) is 3.89. The Kier molecular flexibility index (Phi) is 5.41. The number of fused-ring (bicyclic) bond motifs is 1. The second-order valence-electron chi connectivity index (χ2n) is 8.30. The molecule has 0 bridgehead atoms. The quantitative estimate of drug-likeness (QED) is 0.467. The SMILES string of the molecule is Cc1cccc(Cn2cnc3c2c(=O)n(C[C@@H]2CCCO2)c(=O)n3-c2ccc(F)cc2F)c1. The number of nitrogens with zero attached hydrogens (tertiary/aromatic N) is 4. The topological polar surface area (TPSA) is 71.1 Å². The second kappa shape index (κ2) is 8.40. The van der Waals surface area contributed by atoms with Gasteiger partial charge in [0, 0.05) is 19.2 Å². The van der Waals surface area contributed by atoms with Crippen LogP contribution in [-0.4, -0.2) is 31.4 Å². The van der Waals surface area contributed by atoms with Gasteiger partial charge in [0.25, 0.3) is 5.56 Å². The Balaban J connectivity index is 1.75. The number of aromatic nitrogens is 4. The third-order valence-corrected chi connectivity index (χ3v) is 5.90. The summed E-state index contributed by atoms with van der Waals surface area (Å²) in [5.41, 5.74) is 0.768. The van der Waals surface area contributed by atoms with Crippen molar-refractivity contribution in [1.29, 1.82) is 0 Å². The van der Waals surface area contributed by atoms with Gasteiger partial charge in [-0.3, -0.25) is 9.36 Å². The van der Waals surface area contributed by atoms with E-state index in [0.717, 1.165) is 39.2 Å². The lowest BCUT2D eigenvalue weighted by Gasteiger charge is -2.15. The van der Waals surface area contributed by atoms with E-state index in [0.29, 0.717) is 19.2 Å². The first-order valence-corrected chi connectivity index (χ1v) is 10.8. The van der Waals surface area contributed by atoms with E-state index in [1.165, 1.54) is 12.4 Å². The van der Waals surface area contributed by atoms with Gasteiger partial charge in [-0.15, -0.1) is 0 Å². The van der Waals surface area contributed by atoms with Crippen LogP contribution in [0.15, 0.2) is 58.4 Å². The lowest BCUT2D eigenvalue weighted by molar-refractivity contribution is 0.0950. The molecule has 0 radical (unpaired) electrons. The zero-order valence-corrected chi connectivity index (χ0v) is 18.0. The van der Waals surface area contributed by atoms with E-state index in [1.54, 1.807) is 4.57 Å². The molecule has 0 spiro atoms. The van der Waals surface area contributed by atoms with Gasteiger partial charge in [0.15, 0.2) is 11.2 Å². The van der Waals surface area contributed by atoms with Crippen LogP contribution < -0.4 is 11.2 Å². The number of rotatable bonds is 5. The van der Waals surface area contributed by atoms with Crippen LogP contribution in [0.4, 0.5) is 8.78 Å². The van der Waals surface area contributed by atoms with Crippen molar-refractivity contribution in [3.8, 4) is 5.69 Å². The molecule has 0 amide bonds. The van der Waals surface area contributed by atoms with Crippen molar-refractivity contribution in [3.05, 3.63) is 92.4 Å². The standard InChI is InChI=1S/C24H22F2N4O3/c1-15-4-2-5-16(10-15)12-28-14-27-22-21(28)23(31)29(13-18-6-3-9-33-18)24(32)30(22)20-8-7-17(25)11-19(20)26/h2,4-5,7-8,10-11,14,18H,3,6,9,12-13H2,1H3/t18-/m0/s1. The van der Waals surface area contributed by atoms with Crippen LogP contribution in [0, 0.1) is 18.6 Å². The van der Waals surface area contributed by atoms with Crippen molar-refractivity contribution >= 4 is 11.2 Å². The molecule has 0 unspecified atom stereocenters. The Morgan fingerprint density at radius 3 is 2.73 bits per heavy atom. The van der Waals surface area contributed by atoms with E-state index in [9.17, 15) is 18.4 Å². The molecule has 1 aliphatic heterocycles. The maximum absolute atomic E-state index is 14.7. The van der Waals surface area contributed by atoms with Crippen molar-refractivity contribution < 1.29 is 13.5 Å². The van der Waals surface area contributed by atoms with Crippen LogP contribution in [0.1, 0.15) is 24.0 Å². The van der Waals surface area contributed by atoms with E-state index in [2.05, 4.69) is 4.98 Å². The largest absolute Gasteiger partial charge is 0.376 e. The lowest BCUT2D eigenvalue weighted by Crippen LogP contribution is -2.42. The van der Waals surface area contributed by atoms with Crippen molar-refractivity contribution in [2.75, 3.05) is 6.61 Å². The molecule has 170 valence electrons. The van der Waals surface area contributed by atoms with Gasteiger partial charge in [0.2, 0.25) is 0 Å². The van der Waals surface area contributed by atoms with Gasteiger partial charge in [-0.2, -0.15) is 0 Å². The zero-order valence-electron chi connectivity index (χ0n) is 18.0. The van der Waals surface area contributed by atoms with Gasteiger partial charge < -0.3 is 9.30 Å². The van der Waals surface area contributed by atoms with Gasteiger partial charge in [-0.25, -0.2) is 23.1 Å². The first kappa shape index (κ1) is 21.3. The molecule has 1 saturated heterocycles. The highest BCUT2D eigenvalue weighted by atomic mass is 19.1. The molecule has 3 heterocycles. The predicted octanol–water partition coefficient (Wildman–Crippen LogP) is 3.16. The summed E-state index contributed by atoms with van der Waals surface area (Å²) in [6, 6.07) is 10.8. The normalized spacial score (nSPS) is 16.0. The maximum Gasteiger partial charge on any atom is 0.337 e. The fraction of sp³-hybridized carbons (Fsp3) is 0.292. The summed E-state index contributed by atoms with van der Waals surface area (Å²) in [4.78, 5) is 31.2. The fourth-order valence-electron chi connectivity index (χ4n) is 4.34. The maximum atomic E-state index is 14.7. The Morgan fingerprint density at radius 2 is 2.00 bits per heavy atom. The van der Waals surface area contributed by atoms with Gasteiger partial charge >= 0.3 is 5.69 Å². The number of benzene rings is 2. The van der Waals surface area contributed by atoms with Crippen LogP contribution in [-0.2, 0) is 17.8 Å². The zero-order chi connectivity index (χ0) is 23.1. The van der Waals surface area contributed by atoms with Crippen molar-refractivity contribution in [2.45, 2.75) is 39.0 Å². The molecular weight excluding hydrogens is 430 g/mol. The molecular formula is C24H22F2N4O3. The number of ether oxygens (including phenoxy) is 1. The molecule has 0 N–H and O–H groups in total. The fourth-order valence-corrected chi connectivity index (χ4v) is 4.34. The summed E-state index contributed by atoms with van der Waals surface area (Å²) in [6.45, 7) is 2.93. The average Bonchev–Trinajstić information content (AvgIpc) is 3.43. The molecule has 2 aromatic heterocycles. The highest BCUT2D eigenvalue weighted by Crippen LogP contribution is 2.19. The Morgan fingerprint density at radius 1 is 1.15 bits per heavy atom. The van der Waals surface area contributed by atoms with E-state index in [-0.39, 0.29) is 29.5 Å². The summed E-state index contributed by atoms with van der Waals surface area (Å²) in [6.07, 6.45) is 2.74. The Bertz CT molecular complexity index is 1470. The molecule has 2 aromatic carbocycles. The Hall–Kier alpha value is -3.59. The van der Waals surface area contributed by atoms with Crippen LogP contribution >= 0.6 is 0 Å². The number of aryl methyl sites for hydroxylation is 1. The van der Waals surface area contributed by atoms with Gasteiger partial charge in [0.1, 0.15) is 11.6 Å². The molecule has 9 heteroatoms. The van der Waals surface area contributed by atoms with Crippen LogP contribution in [0.3, 0.4) is 0 Å². The molecule has 1 atom stereocenters. The monoisotopic (exact) mass is 452 g/mol. The smallest absolute Gasteiger partial charge is 0.337 e. The van der Waals surface area contributed by atoms with Crippen LogP contribution in [0.25, 0.3) is 16.9 Å². The lowest BCUT2D eigenvalue weighted by atomic mass is 10.1. The molecule has 33 heavy (non-hydrogen) atoms. The van der Waals surface area contributed by atoms with Crippen LogP contribution in [0.5, 0.6) is 0 Å². The number of halogens is 2. The highest BCUT2D eigenvalue weighted by Gasteiger charge is 2.24. The highest BCUT2D eigenvalue weighted by molar-refractivity contribution is 5.72. The summed E-state index contributed by atoms with van der Waals surface area (Å²) in [5.74, 6) is -1.69. The van der Waals surface area contributed by atoms with Gasteiger partial charge in [0.05, 0.1) is 24.7 Å². The second-order valence-corrected chi connectivity index (χ2v) is 8.30. The molecule has 0 saturated carbocycles. The van der Waals surface area contributed by atoms with Crippen molar-refractivity contribution in [3.63, 3.8) is 0 Å². The van der Waals surface area contributed by atoms with Gasteiger partial charge in [-0.05, 0) is 37.5 Å². The summed E-state index contributed by atoms with van der Waals surface area (Å²) in [7, 11) is 0. The van der Waals surface area contributed by atoms with Crippen LogP contribution in [0.2, 0.25) is 0 Å².